The zero-order chi connectivity index (χ0) is 8.39. The van der Waals surface area contributed by atoms with Crippen LogP contribution in [0.15, 0.2) is 0 Å². The highest BCUT2D eigenvalue weighted by Crippen LogP contribution is 2.26. The van der Waals surface area contributed by atoms with Crippen LogP contribution in [0.3, 0.4) is 0 Å². The molecule has 0 radical (unpaired) electrons. The summed E-state index contributed by atoms with van der Waals surface area (Å²) in [6.07, 6.45) is 2.26. The maximum atomic E-state index is 5.43. The molecule has 1 unspecified atom stereocenters. The molecule has 1 aromatic rings. The van der Waals surface area contributed by atoms with Gasteiger partial charge in [-0.15, -0.1) is 0 Å². The van der Waals surface area contributed by atoms with E-state index < -0.39 is 0 Å². The first-order valence-corrected chi connectivity index (χ1v) is 4.80. The van der Waals surface area contributed by atoms with E-state index in [4.69, 9.17) is 10.5 Å². The fourth-order valence-electron chi connectivity index (χ4n) is 1.35. The molecule has 1 saturated heterocycles. The summed E-state index contributed by atoms with van der Waals surface area (Å²) in [5, 5.41) is 1.02. The number of anilines is 1. The molecular formula is C7H11N3OS. The largest absolute Gasteiger partial charge is 0.381 e. The van der Waals surface area contributed by atoms with Gasteiger partial charge in [-0.2, -0.15) is 4.37 Å². The van der Waals surface area contributed by atoms with E-state index in [9.17, 15) is 0 Å². The minimum Gasteiger partial charge on any atom is -0.381 e. The van der Waals surface area contributed by atoms with Crippen LogP contribution in [0.25, 0.3) is 0 Å². The first-order chi connectivity index (χ1) is 5.86. The second-order valence-electron chi connectivity index (χ2n) is 2.90. The Bertz CT molecular complexity index is 257. The number of nitrogens with zero attached hydrogens (tertiary/aromatic N) is 2. The summed E-state index contributed by atoms with van der Waals surface area (Å²) in [5.74, 6) is 0.814. The molecule has 2 heterocycles. The van der Waals surface area contributed by atoms with Gasteiger partial charge in [0.05, 0.1) is 6.61 Å². The fourth-order valence-corrected chi connectivity index (χ4v) is 2.05. The molecule has 1 aromatic heterocycles. The van der Waals surface area contributed by atoms with Crippen molar-refractivity contribution in [1.82, 2.24) is 9.36 Å². The molecule has 0 spiro atoms. The summed E-state index contributed by atoms with van der Waals surface area (Å²) in [6.45, 7) is 1.65. The Morgan fingerprint density at radius 2 is 2.50 bits per heavy atom. The van der Waals surface area contributed by atoms with Gasteiger partial charge >= 0.3 is 0 Å². The Morgan fingerprint density at radius 1 is 1.58 bits per heavy atom. The summed E-state index contributed by atoms with van der Waals surface area (Å²) in [5.41, 5.74) is 5.43. The third kappa shape index (κ3) is 1.56. The average Bonchev–Trinajstić information content (AvgIpc) is 2.54. The first-order valence-electron chi connectivity index (χ1n) is 4.03. The minimum absolute atomic E-state index is 0.389. The van der Waals surface area contributed by atoms with E-state index in [-0.39, 0.29) is 0 Å². The zero-order valence-electron chi connectivity index (χ0n) is 6.69. The molecule has 4 nitrogen and oxygen atoms in total. The van der Waals surface area contributed by atoms with Crippen molar-refractivity contribution in [1.29, 1.82) is 0 Å². The van der Waals surface area contributed by atoms with Crippen LogP contribution in [0, 0.1) is 0 Å². The zero-order valence-corrected chi connectivity index (χ0v) is 7.51. The van der Waals surface area contributed by atoms with Crippen molar-refractivity contribution in [2.24, 2.45) is 0 Å². The first kappa shape index (κ1) is 7.94. The van der Waals surface area contributed by atoms with Gasteiger partial charge in [0.1, 0.15) is 5.01 Å². The third-order valence-electron chi connectivity index (χ3n) is 1.97. The van der Waals surface area contributed by atoms with Gasteiger partial charge in [-0.3, -0.25) is 0 Å². The van der Waals surface area contributed by atoms with Crippen LogP contribution < -0.4 is 5.73 Å². The van der Waals surface area contributed by atoms with Crippen molar-refractivity contribution in [2.75, 3.05) is 18.9 Å². The summed E-state index contributed by atoms with van der Waals surface area (Å²) < 4.78 is 9.29. The lowest BCUT2D eigenvalue weighted by atomic mass is 10.0. The number of rotatable bonds is 1. The van der Waals surface area contributed by atoms with E-state index in [1.807, 2.05) is 0 Å². The molecule has 0 aromatic carbocycles. The second kappa shape index (κ2) is 3.37. The molecule has 1 aliphatic rings. The van der Waals surface area contributed by atoms with Crippen molar-refractivity contribution in [3.63, 3.8) is 0 Å². The molecule has 2 N–H and O–H groups in total. The number of hydrogen-bond donors (Lipinski definition) is 1. The molecule has 66 valence electrons. The van der Waals surface area contributed by atoms with E-state index in [1.165, 1.54) is 11.5 Å². The van der Waals surface area contributed by atoms with Gasteiger partial charge in [-0.05, 0) is 24.4 Å². The Kier molecular flexibility index (Phi) is 2.23. The number of aromatic nitrogens is 2. The normalized spacial score (nSPS) is 24.2. The van der Waals surface area contributed by atoms with Gasteiger partial charge in [0.2, 0.25) is 5.95 Å². The quantitative estimate of drug-likeness (QED) is 0.709. The van der Waals surface area contributed by atoms with Gasteiger partial charge in [0, 0.05) is 12.5 Å². The predicted molar refractivity (Wildman–Crippen MR) is 47.1 cm³/mol. The van der Waals surface area contributed by atoms with Crippen LogP contribution in [-0.4, -0.2) is 22.6 Å². The molecule has 2 rings (SSSR count). The Labute approximate surface area is 74.9 Å². The summed E-state index contributed by atoms with van der Waals surface area (Å²) in [6, 6.07) is 0. The lowest BCUT2D eigenvalue weighted by Crippen LogP contribution is -2.15. The summed E-state index contributed by atoms with van der Waals surface area (Å²) in [4.78, 5) is 4.14. The van der Waals surface area contributed by atoms with Crippen molar-refractivity contribution in [3.8, 4) is 0 Å². The average molecular weight is 185 g/mol. The summed E-state index contributed by atoms with van der Waals surface area (Å²) in [7, 11) is 0. The second-order valence-corrected chi connectivity index (χ2v) is 3.69. The highest BCUT2D eigenvalue weighted by atomic mass is 32.1. The molecule has 0 saturated carbocycles. The van der Waals surface area contributed by atoms with Crippen molar-refractivity contribution < 1.29 is 4.74 Å². The van der Waals surface area contributed by atoms with Crippen molar-refractivity contribution >= 4 is 17.5 Å². The molecular weight excluding hydrogens is 174 g/mol. The topological polar surface area (TPSA) is 61.0 Å². The fraction of sp³-hybridized carbons (Fsp3) is 0.714. The standard InChI is InChI=1S/C7H11N3OS/c8-7-9-6(12-10-7)5-2-1-3-11-4-5/h5H,1-4H2,(H2,8,10). The molecule has 1 aliphatic heterocycles. The highest BCUT2D eigenvalue weighted by Gasteiger charge is 2.19. The SMILES string of the molecule is Nc1nsc(C2CCCOC2)n1. The maximum Gasteiger partial charge on any atom is 0.232 e. The Morgan fingerprint density at radius 3 is 3.08 bits per heavy atom. The van der Waals surface area contributed by atoms with E-state index in [0.717, 1.165) is 31.1 Å². The maximum absolute atomic E-state index is 5.43. The van der Waals surface area contributed by atoms with E-state index in [0.29, 0.717) is 11.9 Å². The molecule has 0 amide bonds. The van der Waals surface area contributed by atoms with Crippen molar-refractivity contribution in [3.05, 3.63) is 5.01 Å². The molecule has 12 heavy (non-hydrogen) atoms. The van der Waals surface area contributed by atoms with Crippen molar-refractivity contribution in [2.45, 2.75) is 18.8 Å². The van der Waals surface area contributed by atoms with Crippen LogP contribution in [0.1, 0.15) is 23.8 Å². The van der Waals surface area contributed by atoms with Gasteiger partial charge in [0.15, 0.2) is 0 Å². The Balaban J connectivity index is 2.08. The Hall–Kier alpha value is -0.680. The number of hydrogen-bond acceptors (Lipinski definition) is 5. The lowest BCUT2D eigenvalue weighted by molar-refractivity contribution is 0.0804. The number of nitrogen functional groups attached to an aromatic ring is 1. The van der Waals surface area contributed by atoms with Crippen LogP contribution in [0.5, 0.6) is 0 Å². The van der Waals surface area contributed by atoms with E-state index in [1.54, 1.807) is 0 Å². The van der Waals surface area contributed by atoms with Gasteiger partial charge in [-0.25, -0.2) is 4.98 Å². The van der Waals surface area contributed by atoms with Gasteiger partial charge < -0.3 is 10.5 Å². The summed E-state index contributed by atoms with van der Waals surface area (Å²) >= 11 is 1.39. The predicted octanol–water partition coefficient (Wildman–Crippen LogP) is 1.01. The smallest absolute Gasteiger partial charge is 0.232 e. The lowest BCUT2D eigenvalue weighted by Gasteiger charge is -2.19. The van der Waals surface area contributed by atoms with Crippen LogP contribution in [0.4, 0.5) is 5.95 Å². The number of ether oxygens (including phenoxy) is 1. The molecule has 1 fully saturated rings. The number of nitrogens with two attached hydrogens (primary N) is 1. The van der Waals surface area contributed by atoms with Gasteiger partial charge in [0.25, 0.3) is 0 Å². The molecule has 1 atom stereocenters. The van der Waals surface area contributed by atoms with Gasteiger partial charge in [-0.1, -0.05) is 0 Å². The minimum atomic E-state index is 0.389. The van der Waals surface area contributed by atoms with Crippen LogP contribution >= 0.6 is 11.5 Å². The molecule has 0 bridgehead atoms. The van der Waals surface area contributed by atoms with E-state index in [2.05, 4.69) is 9.36 Å². The molecule has 5 heteroatoms. The highest BCUT2D eigenvalue weighted by molar-refractivity contribution is 7.05. The van der Waals surface area contributed by atoms with E-state index >= 15 is 0 Å². The van der Waals surface area contributed by atoms with Crippen LogP contribution in [0.2, 0.25) is 0 Å². The van der Waals surface area contributed by atoms with Crippen LogP contribution in [-0.2, 0) is 4.74 Å². The molecule has 0 aliphatic carbocycles. The monoisotopic (exact) mass is 185 g/mol. The third-order valence-corrected chi connectivity index (χ3v) is 2.86.